The molecule has 0 amide bonds. The average molecular weight is 494 g/mol. The maximum Gasteiger partial charge on any atom is 0.343 e. The van der Waals surface area contributed by atoms with E-state index in [0.717, 1.165) is 17.9 Å². The average Bonchev–Trinajstić information content (AvgIpc) is 2.87. The quantitative estimate of drug-likeness (QED) is 0.201. The van der Waals surface area contributed by atoms with E-state index in [2.05, 4.69) is 24.3 Å². The van der Waals surface area contributed by atoms with Gasteiger partial charge in [-0.1, -0.05) is 60.7 Å². The zero-order chi connectivity index (χ0) is 24.8. The van der Waals surface area contributed by atoms with Crippen molar-refractivity contribution >= 4 is 28.6 Å². The van der Waals surface area contributed by atoms with E-state index >= 15 is 0 Å². The highest BCUT2D eigenvalue weighted by atomic mass is 32.2. The van der Waals surface area contributed by atoms with E-state index in [1.54, 1.807) is 23.3 Å². The molecule has 0 saturated carbocycles. The summed E-state index contributed by atoms with van der Waals surface area (Å²) in [5.74, 6) is -2.19. The predicted octanol–water partition coefficient (Wildman–Crippen LogP) is 6.37. The Balaban J connectivity index is 1.58. The molecule has 7 heteroatoms. The smallest absolute Gasteiger partial charge is 0.343 e. The Morgan fingerprint density at radius 2 is 1.57 bits per heavy atom. The molecule has 1 aromatic heterocycles. The van der Waals surface area contributed by atoms with Crippen LogP contribution in [0.1, 0.15) is 40.1 Å². The fourth-order valence-electron chi connectivity index (χ4n) is 4.00. The second kappa shape index (κ2) is 11.3. The van der Waals surface area contributed by atoms with E-state index in [1.165, 1.54) is 17.3 Å². The molecule has 4 aromatic rings. The van der Waals surface area contributed by atoms with Crippen molar-refractivity contribution in [3.63, 3.8) is 0 Å². The van der Waals surface area contributed by atoms with E-state index in [4.69, 9.17) is 4.74 Å². The lowest BCUT2D eigenvalue weighted by Crippen LogP contribution is -2.21. The normalized spacial score (nSPS) is 11.2. The standard InChI is InChI=1S/C28H25F2NO3S/c1-2-34-28(33)22-18-31(25-17-24(30)23(29)16-21(25)26(22)32)14-9-15-35-27(19-10-5-3-6-11-19)20-12-7-4-8-13-20/h3-8,10-13,16-18,27H,2,9,14-15H2,1H3. The number of hydrogen-bond acceptors (Lipinski definition) is 4. The molecule has 4 nitrogen and oxygen atoms in total. The van der Waals surface area contributed by atoms with Gasteiger partial charge in [-0.15, -0.1) is 11.8 Å². The van der Waals surface area contributed by atoms with Crippen LogP contribution in [0.25, 0.3) is 10.9 Å². The summed E-state index contributed by atoms with van der Waals surface area (Å²) in [6.07, 6.45) is 2.07. The molecule has 0 fully saturated rings. The third-order valence-electron chi connectivity index (χ3n) is 5.65. The molecule has 0 aliphatic carbocycles. The van der Waals surface area contributed by atoms with Gasteiger partial charge in [0, 0.05) is 24.2 Å². The number of halogens is 2. The molecule has 0 saturated heterocycles. The topological polar surface area (TPSA) is 48.3 Å². The largest absolute Gasteiger partial charge is 0.462 e. The Morgan fingerprint density at radius 1 is 0.971 bits per heavy atom. The zero-order valence-corrected chi connectivity index (χ0v) is 20.1. The van der Waals surface area contributed by atoms with Gasteiger partial charge in [-0.25, -0.2) is 13.6 Å². The van der Waals surface area contributed by atoms with Crippen molar-refractivity contribution in [2.45, 2.75) is 25.1 Å². The lowest BCUT2D eigenvalue weighted by molar-refractivity contribution is 0.0524. The number of benzene rings is 3. The van der Waals surface area contributed by atoms with E-state index in [0.29, 0.717) is 13.0 Å². The SMILES string of the molecule is CCOC(=O)c1cn(CCCSC(c2ccccc2)c2ccccc2)c2cc(F)c(F)cc2c1=O. The van der Waals surface area contributed by atoms with Gasteiger partial charge in [0.05, 0.1) is 17.4 Å². The minimum atomic E-state index is -1.13. The van der Waals surface area contributed by atoms with Crippen LogP contribution in [0.5, 0.6) is 0 Å². The molecule has 0 unspecified atom stereocenters. The number of ether oxygens (including phenoxy) is 1. The van der Waals surface area contributed by atoms with E-state index in [1.807, 2.05) is 36.4 Å². The van der Waals surface area contributed by atoms with Crippen molar-refractivity contribution in [1.82, 2.24) is 4.57 Å². The van der Waals surface area contributed by atoms with Gasteiger partial charge in [-0.2, -0.15) is 0 Å². The van der Waals surface area contributed by atoms with Crippen LogP contribution in [0.2, 0.25) is 0 Å². The molecular weight excluding hydrogens is 468 g/mol. The first kappa shape index (κ1) is 24.7. The van der Waals surface area contributed by atoms with Crippen LogP contribution in [0.3, 0.4) is 0 Å². The van der Waals surface area contributed by atoms with Crippen LogP contribution < -0.4 is 5.43 Å². The lowest BCUT2D eigenvalue weighted by atomic mass is 10.0. The number of carbonyl (C=O) groups excluding carboxylic acids is 1. The number of thioether (sulfide) groups is 1. The number of esters is 1. The highest BCUT2D eigenvalue weighted by Crippen LogP contribution is 2.35. The third-order valence-corrected chi connectivity index (χ3v) is 7.05. The van der Waals surface area contributed by atoms with Crippen LogP contribution in [-0.4, -0.2) is 22.9 Å². The van der Waals surface area contributed by atoms with Gasteiger partial charge >= 0.3 is 5.97 Å². The molecular formula is C28H25F2NO3S. The molecule has 0 aliphatic rings. The number of aromatic nitrogens is 1. The molecule has 4 rings (SSSR count). The number of pyridine rings is 1. The second-order valence-corrected chi connectivity index (χ2v) is 9.21. The first-order chi connectivity index (χ1) is 17.0. The molecule has 0 bridgehead atoms. The molecule has 0 spiro atoms. The summed E-state index contributed by atoms with van der Waals surface area (Å²) in [6.45, 7) is 2.16. The van der Waals surface area contributed by atoms with E-state index in [-0.39, 0.29) is 28.3 Å². The summed E-state index contributed by atoms with van der Waals surface area (Å²) < 4.78 is 34.6. The molecule has 1 heterocycles. The van der Waals surface area contributed by atoms with Gasteiger partial charge < -0.3 is 9.30 Å². The molecule has 3 aromatic carbocycles. The van der Waals surface area contributed by atoms with Gasteiger partial charge in [-0.3, -0.25) is 4.79 Å². The second-order valence-electron chi connectivity index (χ2n) is 7.99. The van der Waals surface area contributed by atoms with Crippen LogP contribution in [0, 0.1) is 11.6 Å². The predicted molar refractivity (Wildman–Crippen MR) is 136 cm³/mol. The number of carbonyl (C=O) groups is 1. The number of fused-ring (bicyclic) bond motifs is 1. The minimum Gasteiger partial charge on any atom is -0.462 e. The number of nitrogens with zero attached hydrogens (tertiary/aromatic N) is 1. The van der Waals surface area contributed by atoms with E-state index in [9.17, 15) is 18.4 Å². The highest BCUT2D eigenvalue weighted by molar-refractivity contribution is 7.99. The summed E-state index contributed by atoms with van der Waals surface area (Å²) >= 11 is 1.78. The molecule has 0 radical (unpaired) electrons. The van der Waals surface area contributed by atoms with Crippen LogP contribution in [-0.2, 0) is 11.3 Å². The lowest BCUT2D eigenvalue weighted by Gasteiger charge is -2.18. The fraction of sp³-hybridized carbons (Fsp3) is 0.214. The molecule has 35 heavy (non-hydrogen) atoms. The Labute approximate surface area is 206 Å². The Kier molecular flexibility index (Phi) is 7.98. The first-order valence-corrected chi connectivity index (χ1v) is 12.4. The van der Waals surface area contributed by atoms with Crippen molar-refractivity contribution in [3.8, 4) is 0 Å². The maximum atomic E-state index is 14.0. The summed E-state index contributed by atoms with van der Waals surface area (Å²) in [7, 11) is 0. The summed E-state index contributed by atoms with van der Waals surface area (Å²) in [4.78, 5) is 25.1. The van der Waals surface area contributed by atoms with Gasteiger partial charge in [0.2, 0.25) is 5.43 Å². The maximum absolute atomic E-state index is 14.0. The molecule has 0 N–H and O–H groups in total. The van der Waals surface area contributed by atoms with Gasteiger partial charge in [0.15, 0.2) is 11.6 Å². The van der Waals surface area contributed by atoms with E-state index < -0.39 is 23.0 Å². The Hall–Kier alpha value is -3.45. The molecule has 180 valence electrons. The minimum absolute atomic E-state index is 0.0476. The van der Waals surface area contributed by atoms with Crippen LogP contribution >= 0.6 is 11.8 Å². The zero-order valence-electron chi connectivity index (χ0n) is 19.2. The monoisotopic (exact) mass is 493 g/mol. The summed E-state index contributed by atoms with van der Waals surface area (Å²) in [5.41, 5.74) is 1.77. The fourth-order valence-corrected chi connectivity index (χ4v) is 5.23. The van der Waals surface area contributed by atoms with Crippen molar-refractivity contribution in [3.05, 3.63) is 118 Å². The van der Waals surface area contributed by atoms with Crippen molar-refractivity contribution in [1.29, 1.82) is 0 Å². The third kappa shape index (κ3) is 5.62. The Morgan fingerprint density at radius 3 is 2.17 bits per heavy atom. The van der Waals surface area contributed by atoms with Gasteiger partial charge in [0.1, 0.15) is 5.56 Å². The number of rotatable bonds is 9. The number of aryl methyl sites for hydroxylation is 1. The van der Waals surface area contributed by atoms with Crippen LogP contribution in [0.15, 0.2) is 83.8 Å². The summed E-state index contributed by atoms with van der Waals surface area (Å²) in [5, 5.41) is 0.0957. The first-order valence-electron chi connectivity index (χ1n) is 11.4. The Bertz CT molecular complexity index is 1330. The summed E-state index contributed by atoms with van der Waals surface area (Å²) in [6, 6.07) is 22.3. The van der Waals surface area contributed by atoms with Crippen molar-refractivity contribution < 1.29 is 18.3 Å². The molecule has 0 atom stereocenters. The van der Waals surface area contributed by atoms with Gasteiger partial charge in [-0.05, 0) is 36.3 Å². The van der Waals surface area contributed by atoms with Crippen LogP contribution in [0.4, 0.5) is 8.78 Å². The van der Waals surface area contributed by atoms with Gasteiger partial charge in [0.25, 0.3) is 0 Å². The number of hydrogen-bond donors (Lipinski definition) is 0. The van der Waals surface area contributed by atoms with Crippen molar-refractivity contribution in [2.75, 3.05) is 12.4 Å². The molecule has 0 aliphatic heterocycles. The highest BCUT2D eigenvalue weighted by Gasteiger charge is 2.19. The van der Waals surface area contributed by atoms with Crippen molar-refractivity contribution in [2.24, 2.45) is 0 Å².